The van der Waals surface area contributed by atoms with E-state index in [1.165, 1.54) is 18.4 Å². The molecule has 2 fully saturated rings. The van der Waals surface area contributed by atoms with Gasteiger partial charge in [0.1, 0.15) is 0 Å². The number of nitrogens with zero attached hydrogens (tertiary/aromatic N) is 3. The van der Waals surface area contributed by atoms with Gasteiger partial charge in [0.05, 0.1) is 11.6 Å². The predicted molar refractivity (Wildman–Crippen MR) is 89.5 cm³/mol. The van der Waals surface area contributed by atoms with E-state index < -0.39 is 0 Å². The van der Waals surface area contributed by atoms with Gasteiger partial charge < -0.3 is 4.90 Å². The minimum Gasteiger partial charge on any atom is -0.349 e. The normalized spacial score (nSPS) is 27.3. The zero-order valence-electron chi connectivity index (χ0n) is 14.1. The molecule has 1 amide bonds. The van der Waals surface area contributed by atoms with Crippen LogP contribution in [0.3, 0.4) is 0 Å². The van der Waals surface area contributed by atoms with Gasteiger partial charge in [0.2, 0.25) is 5.91 Å². The first kappa shape index (κ1) is 16.0. The molecular formula is C19H25N3O. The monoisotopic (exact) mass is 311 g/mol. The molecule has 0 aromatic heterocycles. The number of hydrogen-bond acceptors (Lipinski definition) is 3. The molecule has 0 radical (unpaired) electrons. The van der Waals surface area contributed by atoms with Gasteiger partial charge in [0.25, 0.3) is 0 Å². The molecule has 0 bridgehead atoms. The summed E-state index contributed by atoms with van der Waals surface area (Å²) in [6.07, 6.45) is 4.50. The Morgan fingerprint density at radius 2 is 2.26 bits per heavy atom. The van der Waals surface area contributed by atoms with Crippen LogP contribution in [0, 0.1) is 22.7 Å². The van der Waals surface area contributed by atoms with Gasteiger partial charge in [-0.05, 0) is 48.9 Å². The maximum absolute atomic E-state index is 12.5. The van der Waals surface area contributed by atoms with Crippen LogP contribution in [0.5, 0.6) is 0 Å². The first-order chi connectivity index (χ1) is 11.0. The van der Waals surface area contributed by atoms with E-state index in [2.05, 4.69) is 17.0 Å². The van der Waals surface area contributed by atoms with E-state index in [1.54, 1.807) is 4.90 Å². The number of carbonyl (C=O) groups excluding carboxylic acids is 1. The van der Waals surface area contributed by atoms with Crippen molar-refractivity contribution in [2.75, 3.05) is 27.2 Å². The second kappa shape index (κ2) is 6.33. The third-order valence-electron chi connectivity index (χ3n) is 5.57. The van der Waals surface area contributed by atoms with Crippen LogP contribution in [0.1, 0.15) is 36.8 Å². The zero-order chi connectivity index (χ0) is 16.4. The number of hydrogen-bond donors (Lipinski definition) is 0. The fraction of sp³-hybridized carbons (Fsp3) is 0.579. The van der Waals surface area contributed by atoms with Gasteiger partial charge in [0.15, 0.2) is 0 Å². The van der Waals surface area contributed by atoms with Crippen LogP contribution in [0.2, 0.25) is 0 Å². The average molecular weight is 311 g/mol. The van der Waals surface area contributed by atoms with E-state index in [0.717, 1.165) is 38.0 Å². The van der Waals surface area contributed by atoms with Crippen molar-refractivity contribution >= 4 is 5.91 Å². The molecule has 122 valence electrons. The van der Waals surface area contributed by atoms with Gasteiger partial charge in [0, 0.05) is 33.1 Å². The molecule has 1 saturated carbocycles. The molecule has 3 rings (SSSR count). The van der Waals surface area contributed by atoms with Crippen LogP contribution >= 0.6 is 0 Å². The molecule has 2 atom stereocenters. The molecule has 23 heavy (non-hydrogen) atoms. The van der Waals surface area contributed by atoms with Crippen molar-refractivity contribution in [2.24, 2.45) is 11.3 Å². The molecule has 1 heterocycles. The van der Waals surface area contributed by atoms with E-state index in [1.807, 2.05) is 32.3 Å². The summed E-state index contributed by atoms with van der Waals surface area (Å²) in [6, 6.07) is 10.1. The number of carbonyl (C=O) groups is 1. The van der Waals surface area contributed by atoms with Gasteiger partial charge in [-0.25, -0.2) is 0 Å². The fourth-order valence-electron chi connectivity index (χ4n) is 4.44. The summed E-state index contributed by atoms with van der Waals surface area (Å²) in [5.41, 5.74) is 2.08. The molecule has 0 N–H and O–H groups in total. The Morgan fingerprint density at radius 3 is 3.00 bits per heavy atom. The van der Waals surface area contributed by atoms with Crippen molar-refractivity contribution in [1.82, 2.24) is 9.80 Å². The molecule has 1 spiro atoms. The average Bonchev–Trinajstić information content (AvgIpc) is 3.14. The van der Waals surface area contributed by atoms with Crippen LogP contribution in [0.15, 0.2) is 24.3 Å². The summed E-state index contributed by atoms with van der Waals surface area (Å²) in [6.45, 7) is 2.93. The van der Waals surface area contributed by atoms with Crippen LogP contribution in [0.25, 0.3) is 0 Å². The summed E-state index contributed by atoms with van der Waals surface area (Å²) in [7, 11) is 3.74. The molecule has 0 unspecified atom stereocenters. The third kappa shape index (κ3) is 3.11. The highest BCUT2D eigenvalue weighted by Gasteiger charge is 2.50. The van der Waals surface area contributed by atoms with E-state index in [9.17, 15) is 4.79 Å². The number of benzene rings is 1. The van der Waals surface area contributed by atoms with Crippen LogP contribution in [0.4, 0.5) is 0 Å². The quantitative estimate of drug-likeness (QED) is 0.862. The van der Waals surface area contributed by atoms with E-state index >= 15 is 0 Å². The minimum atomic E-state index is 0.175. The van der Waals surface area contributed by atoms with Crippen molar-refractivity contribution in [1.29, 1.82) is 5.26 Å². The Bertz CT molecular complexity index is 634. The first-order valence-electron chi connectivity index (χ1n) is 8.47. The SMILES string of the molecule is CN(C)C(=O)[C@@H]1CCC[C@@]12CCN(Cc1cccc(C#N)c1)C2. The smallest absolute Gasteiger partial charge is 0.225 e. The third-order valence-corrected chi connectivity index (χ3v) is 5.57. The molecular weight excluding hydrogens is 286 g/mol. The maximum atomic E-state index is 12.5. The topological polar surface area (TPSA) is 47.3 Å². The first-order valence-corrected chi connectivity index (χ1v) is 8.47. The van der Waals surface area contributed by atoms with Gasteiger partial charge in [-0.3, -0.25) is 9.69 Å². The number of likely N-dealkylation sites (tertiary alicyclic amines) is 1. The van der Waals surface area contributed by atoms with Crippen LogP contribution < -0.4 is 0 Å². The zero-order valence-corrected chi connectivity index (χ0v) is 14.1. The Kier molecular flexibility index (Phi) is 4.41. The summed E-state index contributed by atoms with van der Waals surface area (Å²) in [5.74, 6) is 0.490. The van der Waals surface area contributed by atoms with Crippen molar-refractivity contribution in [3.63, 3.8) is 0 Å². The van der Waals surface area contributed by atoms with Gasteiger partial charge in [-0.2, -0.15) is 5.26 Å². The van der Waals surface area contributed by atoms with Crippen molar-refractivity contribution in [2.45, 2.75) is 32.2 Å². The lowest BCUT2D eigenvalue weighted by Gasteiger charge is -2.32. The molecule has 2 aliphatic rings. The van der Waals surface area contributed by atoms with Gasteiger partial charge in [-0.1, -0.05) is 18.6 Å². The molecule has 1 aliphatic carbocycles. The van der Waals surface area contributed by atoms with E-state index in [4.69, 9.17) is 5.26 Å². The highest BCUT2D eigenvalue weighted by molar-refractivity contribution is 5.79. The van der Waals surface area contributed by atoms with E-state index in [-0.39, 0.29) is 11.3 Å². The molecule has 1 saturated heterocycles. The lowest BCUT2D eigenvalue weighted by molar-refractivity contribution is -0.136. The Labute approximate surface area is 138 Å². The molecule has 4 heteroatoms. The lowest BCUT2D eigenvalue weighted by Crippen LogP contribution is -2.40. The van der Waals surface area contributed by atoms with E-state index in [0.29, 0.717) is 5.91 Å². The highest BCUT2D eigenvalue weighted by atomic mass is 16.2. The lowest BCUT2D eigenvalue weighted by atomic mass is 9.76. The largest absolute Gasteiger partial charge is 0.349 e. The Morgan fingerprint density at radius 1 is 1.43 bits per heavy atom. The summed E-state index contributed by atoms with van der Waals surface area (Å²) in [5, 5.41) is 9.03. The Hall–Kier alpha value is -1.86. The summed E-state index contributed by atoms with van der Waals surface area (Å²) < 4.78 is 0. The summed E-state index contributed by atoms with van der Waals surface area (Å²) >= 11 is 0. The standard InChI is InChI=1S/C19H25N3O/c1-21(2)18(23)17-7-4-8-19(17)9-10-22(14-19)13-16-6-3-5-15(11-16)12-20/h3,5-6,11,17H,4,7-10,13-14H2,1-2H3/t17-,19-/m0/s1. The minimum absolute atomic E-state index is 0.175. The second-order valence-electron chi connectivity index (χ2n) is 7.31. The highest BCUT2D eigenvalue weighted by Crippen LogP contribution is 2.50. The van der Waals surface area contributed by atoms with Crippen molar-refractivity contribution in [3.8, 4) is 6.07 Å². The van der Waals surface area contributed by atoms with Gasteiger partial charge >= 0.3 is 0 Å². The number of rotatable bonds is 3. The van der Waals surface area contributed by atoms with Crippen LogP contribution in [-0.4, -0.2) is 42.9 Å². The van der Waals surface area contributed by atoms with Crippen molar-refractivity contribution in [3.05, 3.63) is 35.4 Å². The molecule has 1 aliphatic heterocycles. The fourth-order valence-corrected chi connectivity index (χ4v) is 4.44. The molecule has 1 aromatic rings. The second-order valence-corrected chi connectivity index (χ2v) is 7.31. The van der Waals surface area contributed by atoms with Gasteiger partial charge in [-0.15, -0.1) is 0 Å². The predicted octanol–water partition coefficient (Wildman–Crippen LogP) is 2.64. The summed E-state index contributed by atoms with van der Waals surface area (Å²) in [4.78, 5) is 16.7. The van der Waals surface area contributed by atoms with Crippen LogP contribution in [-0.2, 0) is 11.3 Å². The molecule has 4 nitrogen and oxygen atoms in total. The molecule has 1 aromatic carbocycles. The van der Waals surface area contributed by atoms with Crippen molar-refractivity contribution < 1.29 is 4.79 Å². The Balaban J connectivity index is 1.70. The number of nitriles is 1. The number of amides is 1. The maximum Gasteiger partial charge on any atom is 0.225 e.